The lowest BCUT2D eigenvalue weighted by molar-refractivity contribution is 0.0716. The number of hydrogen-bond acceptors (Lipinski definition) is 3. The van der Waals surface area contributed by atoms with E-state index in [4.69, 9.17) is 11.6 Å². The Labute approximate surface area is 158 Å². The number of nitrogens with zero attached hydrogens (tertiary/aromatic N) is 1. The van der Waals surface area contributed by atoms with Crippen molar-refractivity contribution in [2.24, 2.45) is 17.8 Å². The molecule has 2 fully saturated rings. The zero-order valence-corrected chi connectivity index (χ0v) is 15.3. The minimum atomic E-state index is -0.732. The molecule has 2 bridgehead atoms. The molecule has 136 valence electrons. The fraction of sp³-hybridized carbons (Fsp3) is 0.429. The monoisotopic (exact) mass is 370 g/mol. The quantitative estimate of drug-likeness (QED) is 0.831. The second kappa shape index (κ2) is 7.37. The van der Waals surface area contributed by atoms with E-state index in [9.17, 15) is 9.90 Å². The van der Waals surface area contributed by atoms with Crippen LogP contribution in [0, 0.1) is 17.8 Å². The summed E-state index contributed by atoms with van der Waals surface area (Å²) >= 11 is 6.39. The Balaban J connectivity index is 1.54. The molecule has 2 aromatic rings. The van der Waals surface area contributed by atoms with Crippen LogP contribution in [0.1, 0.15) is 53.4 Å². The standard InChI is InChI=1S/C21H23ClN2O2/c22-17-8-9-23-19(21(26)24-12-13-4-2-1-3-5-13)18(17)20(25)16-11-14-6-7-15(16)10-14/h1-5,8-9,14-16,20,25H,6-7,10-12H2,(H,24,26). The van der Waals surface area contributed by atoms with Crippen LogP contribution in [0.15, 0.2) is 42.6 Å². The van der Waals surface area contributed by atoms with Gasteiger partial charge in [-0.2, -0.15) is 0 Å². The van der Waals surface area contributed by atoms with Gasteiger partial charge in [0, 0.05) is 18.3 Å². The van der Waals surface area contributed by atoms with E-state index in [-0.39, 0.29) is 17.5 Å². The molecular weight excluding hydrogens is 348 g/mol. The number of carbonyl (C=O) groups is 1. The zero-order valence-electron chi connectivity index (χ0n) is 14.6. The molecule has 0 radical (unpaired) electrons. The first kappa shape index (κ1) is 17.5. The molecule has 2 aliphatic rings. The number of aliphatic hydroxyl groups is 1. The highest BCUT2D eigenvalue weighted by molar-refractivity contribution is 6.31. The van der Waals surface area contributed by atoms with Crippen molar-refractivity contribution in [3.63, 3.8) is 0 Å². The van der Waals surface area contributed by atoms with Crippen molar-refractivity contribution in [2.45, 2.75) is 38.3 Å². The largest absolute Gasteiger partial charge is 0.388 e. The van der Waals surface area contributed by atoms with Crippen LogP contribution in [0.25, 0.3) is 0 Å². The summed E-state index contributed by atoms with van der Waals surface area (Å²) < 4.78 is 0. The van der Waals surface area contributed by atoms with Crippen LogP contribution in [0.3, 0.4) is 0 Å². The summed E-state index contributed by atoms with van der Waals surface area (Å²) in [4.78, 5) is 17.0. The van der Waals surface area contributed by atoms with Crippen LogP contribution in [-0.4, -0.2) is 16.0 Å². The lowest BCUT2D eigenvalue weighted by atomic mass is 9.81. The van der Waals surface area contributed by atoms with Crippen LogP contribution in [-0.2, 0) is 6.54 Å². The van der Waals surface area contributed by atoms with Crippen LogP contribution in [0.5, 0.6) is 0 Å². The maximum absolute atomic E-state index is 12.7. The number of amides is 1. The van der Waals surface area contributed by atoms with Gasteiger partial charge in [-0.1, -0.05) is 48.4 Å². The molecule has 0 aliphatic heterocycles. The van der Waals surface area contributed by atoms with Crippen LogP contribution < -0.4 is 5.32 Å². The smallest absolute Gasteiger partial charge is 0.270 e. The highest BCUT2D eigenvalue weighted by Gasteiger charge is 2.44. The van der Waals surface area contributed by atoms with Crippen LogP contribution in [0.2, 0.25) is 5.02 Å². The van der Waals surface area contributed by atoms with Gasteiger partial charge in [0.1, 0.15) is 5.69 Å². The maximum Gasteiger partial charge on any atom is 0.270 e. The van der Waals surface area contributed by atoms with E-state index in [0.717, 1.165) is 12.0 Å². The first-order valence-corrected chi connectivity index (χ1v) is 9.66. The normalized spacial score (nSPS) is 25.2. The molecule has 0 saturated heterocycles. The van der Waals surface area contributed by atoms with Gasteiger partial charge >= 0.3 is 0 Å². The predicted molar refractivity (Wildman–Crippen MR) is 101 cm³/mol. The fourth-order valence-electron chi connectivity index (χ4n) is 4.67. The second-order valence-corrected chi connectivity index (χ2v) is 7.91. The van der Waals surface area contributed by atoms with Gasteiger partial charge in [0.2, 0.25) is 0 Å². The molecule has 4 rings (SSSR count). The molecular formula is C21H23ClN2O2. The number of nitrogens with one attached hydrogen (secondary N) is 1. The molecule has 2 N–H and O–H groups in total. The third-order valence-electron chi connectivity index (χ3n) is 5.94. The number of benzene rings is 1. The van der Waals surface area contributed by atoms with Crippen molar-refractivity contribution < 1.29 is 9.90 Å². The van der Waals surface area contributed by atoms with Gasteiger partial charge in [-0.3, -0.25) is 9.78 Å². The number of fused-ring (bicyclic) bond motifs is 2. The van der Waals surface area contributed by atoms with Crippen molar-refractivity contribution in [1.29, 1.82) is 0 Å². The number of aromatic nitrogens is 1. The van der Waals surface area contributed by atoms with E-state index in [1.165, 1.54) is 25.5 Å². The molecule has 0 spiro atoms. The number of pyridine rings is 1. The summed E-state index contributed by atoms with van der Waals surface area (Å²) in [7, 11) is 0. The van der Waals surface area contributed by atoms with E-state index >= 15 is 0 Å². The Morgan fingerprint density at radius 1 is 1.23 bits per heavy atom. The number of halogens is 1. The van der Waals surface area contributed by atoms with Crippen LogP contribution >= 0.6 is 11.6 Å². The third kappa shape index (κ3) is 3.36. The molecule has 1 aromatic carbocycles. The van der Waals surface area contributed by atoms with E-state index < -0.39 is 6.10 Å². The zero-order chi connectivity index (χ0) is 18.1. The Bertz CT molecular complexity index is 796. The van der Waals surface area contributed by atoms with Gasteiger partial charge in [0.25, 0.3) is 5.91 Å². The summed E-state index contributed by atoms with van der Waals surface area (Å²) in [5, 5.41) is 14.3. The number of carbonyl (C=O) groups excluding carboxylic acids is 1. The van der Waals surface area contributed by atoms with E-state index in [1.807, 2.05) is 30.3 Å². The minimum Gasteiger partial charge on any atom is -0.388 e. The van der Waals surface area contributed by atoms with Gasteiger partial charge < -0.3 is 10.4 Å². The number of hydrogen-bond donors (Lipinski definition) is 2. The topological polar surface area (TPSA) is 62.2 Å². The first-order chi connectivity index (χ1) is 12.6. The van der Waals surface area contributed by atoms with Gasteiger partial charge in [-0.25, -0.2) is 0 Å². The fourth-order valence-corrected chi connectivity index (χ4v) is 4.93. The number of rotatable bonds is 5. The van der Waals surface area contributed by atoms with E-state index in [1.54, 1.807) is 6.07 Å². The molecule has 4 unspecified atom stereocenters. The Morgan fingerprint density at radius 2 is 2.04 bits per heavy atom. The van der Waals surface area contributed by atoms with Crippen molar-refractivity contribution in [3.05, 3.63) is 64.4 Å². The lowest BCUT2D eigenvalue weighted by Crippen LogP contribution is -2.28. The van der Waals surface area contributed by atoms with Gasteiger partial charge in [-0.05, 0) is 48.6 Å². The van der Waals surface area contributed by atoms with Gasteiger partial charge in [-0.15, -0.1) is 0 Å². The summed E-state index contributed by atoms with van der Waals surface area (Å²) in [6, 6.07) is 11.4. The molecule has 1 heterocycles. The molecule has 1 aromatic heterocycles. The van der Waals surface area contributed by atoms with Gasteiger partial charge in [0.05, 0.1) is 11.1 Å². The van der Waals surface area contributed by atoms with Crippen molar-refractivity contribution >= 4 is 17.5 Å². The molecule has 2 saturated carbocycles. The Hall–Kier alpha value is -1.91. The molecule has 4 nitrogen and oxygen atoms in total. The number of aliphatic hydroxyl groups excluding tert-OH is 1. The average molecular weight is 371 g/mol. The van der Waals surface area contributed by atoms with Crippen molar-refractivity contribution in [2.75, 3.05) is 0 Å². The Morgan fingerprint density at radius 3 is 2.73 bits per heavy atom. The van der Waals surface area contributed by atoms with Crippen molar-refractivity contribution in [1.82, 2.24) is 10.3 Å². The third-order valence-corrected chi connectivity index (χ3v) is 6.27. The van der Waals surface area contributed by atoms with Gasteiger partial charge in [0.15, 0.2) is 0 Å². The first-order valence-electron chi connectivity index (χ1n) is 9.28. The summed E-state index contributed by atoms with van der Waals surface area (Å²) in [6.45, 7) is 0.414. The highest BCUT2D eigenvalue weighted by atomic mass is 35.5. The Kier molecular flexibility index (Phi) is 4.96. The molecule has 26 heavy (non-hydrogen) atoms. The summed E-state index contributed by atoms with van der Waals surface area (Å²) in [5.41, 5.74) is 1.74. The average Bonchev–Trinajstić information content (AvgIpc) is 3.30. The lowest BCUT2D eigenvalue weighted by Gasteiger charge is -2.28. The molecule has 1 amide bonds. The second-order valence-electron chi connectivity index (χ2n) is 7.51. The van der Waals surface area contributed by atoms with E-state index in [2.05, 4.69) is 10.3 Å². The summed E-state index contributed by atoms with van der Waals surface area (Å²) in [6.07, 6.45) is 5.43. The predicted octanol–water partition coefficient (Wildman–Crippen LogP) is 4.13. The van der Waals surface area contributed by atoms with Crippen LogP contribution in [0.4, 0.5) is 0 Å². The summed E-state index contributed by atoms with van der Waals surface area (Å²) in [5.74, 6) is 1.13. The van der Waals surface area contributed by atoms with Crippen molar-refractivity contribution in [3.8, 4) is 0 Å². The minimum absolute atomic E-state index is 0.177. The molecule has 4 atom stereocenters. The SMILES string of the molecule is O=C(NCc1ccccc1)c1nccc(Cl)c1C(O)C1CC2CCC1C2. The maximum atomic E-state index is 12.7. The molecule has 2 aliphatic carbocycles. The van der Waals surface area contributed by atoms with E-state index in [0.29, 0.717) is 29.0 Å². The molecule has 5 heteroatoms. The highest BCUT2D eigenvalue weighted by Crippen LogP contribution is 2.53.